The number of para-hydroxylation sites is 1. The molecule has 0 saturated heterocycles. The molecule has 0 saturated carbocycles. The van der Waals surface area contributed by atoms with E-state index < -0.39 is 17.2 Å². The van der Waals surface area contributed by atoms with Crippen LogP contribution in [-0.2, 0) is 13.1 Å². The van der Waals surface area contributed by atoms with Gasteiger partial charge in [-0.2, -0.15) is 0 Å². The summed E-state index contributed by atoms with van der Waals surface area (Å²) in [6, 6.07) is 27.6. The molecule has 3 N–H and O–H groups in total. The summed E-state index contributed by atoms with van der Waals surface area (Å²) in [6.45, 7) is 2.03. The lowest BCUT2D eigenvalue weighted by Gasteiger charge is -2.25. The van der Waals surface area contributed by atoms with Gasteiger partial charge >= 0.3 is 5.69 Å². The first-order valence-electron chi connectivity index (χ1n) is 11.8. The Morgan fingerprint density at radius 1 is 0.919 bits per heavy atom. The van der Waals surface area contributed by atoms with Crippen LogP contribution in [0.2, 0.25) is 0 Å². The van der Waals surface area contributed by atoms with Gasteiger partial charge in [0.1, 0.15) is 5.82 Å². The van der Waals surface area contributed by atoms with Crippen molar-refractivity contribution >= 4 is 28.3 Å². The van der Waals surface area contributed by atoms with E-state index in [1.165, 1.54) is 9.47 Å². The molecule has 2 aromatic heterocycles. The Hall–Kier alpha value is -4.98. The number of nitrogens with two attached hydrogens (primary N) is 1. The predicted molar refractivity (Wildman–Crippen MR) is 145 cm³/mol. The fraction of sp³-hybridized carbons (Fsp3) is 0.103. The first-order chi connectivity index (χ1) is 17.9. The fourth-order valence-corrected chi connectivity index (χ4v) is 4.41. The first kappa shape index (κ1) is 23.7. The van der Waals surface area contributed by atoms with Crippen LogP contribution >= 0.6 is 0 Å². The minimum atomic E-state index is -0.730. The number of benzene rings is 3. The molecule has 0 bridgehead atoms. The van der Waals surface area contributed by atoms with E-state index in [4.69, 9.17) is 5.73 Å². The number of H-pyrrole nitrogens is 1. The predicted octanol–water partition coefficient (Wildman–Crippen LogP) is 3.87. The summed E-state index contributed by atoms with van der Waals surface area (Å²) < 4.78 is 1.27. The largest absolute Gasteiger partial charge is 0.383 e. The number of rotatable bonds is 6. The third-order valence-corrected chi connectivity index (χ3v) is 6.17. The first-order valence-corrected chi connectivity index (χ1v) is 11.8. The molecule has 37 heavy (non-hydrogen) atoms. The van der Waals surface area contributed by atoms with Crippen LogP contribution in [0, 0.1) is 6.92 Å². The molecule has 5 aromatic rings. The minimum Gasteiger partial charge on any atom is -0.383 e. The summed E-state index contributed by atoms with van der Waals surface area (Å²) >= 11 is 0. The van der Waals surface area contributed by atoms with E-state index in [0.29, 0.717) is 22.2 Å². The van der Waals surface area contributed by atoms with Gasteiger partial charge in [0.2, 0.25) is 0 Å². The number of amides is 1. The van der Waals surface area contributed by atoms with Gasteiger partial charge in [-0.25, -0.2) is 4.79 Å². The average molecular weight is 492 g/mol. The van der Waals surface area contributed by atoms with Gasteiger partial charge in [-0.1, -0.05) is 78.9 Å². The van der Waals surface area contributed by atoms with Crippen LogP contribution in [-0.4, -0.2) is 20.4 Å². The van der Waals surface area contributed by atoms with Gasteiger partial charge in [0.15, 0.2) is 5.69 Å². The molecule has 5 rings (SSSR count). The molecule has 0 fully saturated rings. The van der Waals surface area contributed by atoms with E-state index in [1.807, 2.05) is 91.9 Å². The summed E-state index contributed by atoms with van der Waals surface area (Å²) in [5.74, 6) is -0.510. The van der Waals surface area contributed by atoms with Gasteiger partial charge in [0, 0.05) is 11.1 Å². The Balaban J connectivity index is 1.70. The number of nitrogens with one attached hydrogen (secondary N) is 1. The molecule has 0 aliphatic rings. The van der Waals surface area contributed by atoms with Crippen molar-refractivity contribution in [3.63, 3.8) is 0 Å². The van der Waals surface area contributed by atoms with Crippen molar-refractivity contribution in [2.45, 2.75) is 20.0 Å². The normalized spacial score (nSPS) is 10.9. The van der Waals surface area contributed by atoms with Crippen molar-refractivity contribution in [1.29, 1.82) is 0 Å². The Morgan fingerprint density at radius 3 is 2.24 bits per heavy atom. The molecule has 0 aliphatic heterocycles. The van der Waals surface area contributed by atoms with Crippen molar-refractivity contribution < 1.29 is 4.79 Å². The number of aryl methyl sites for hydroxylation is 1. The zero-order valence-electron chi connectivity index (χ0n) is 20.2. The molecule has 0 spiro atoms. The third-order valence-electron chi connectivity index (χ3n) is 6.17. The van der Waals surface area contributed by atoms with E-state index in [-0.39, 0.29) is 24.6 Å². The third kappa shape index (κ3) is 4.77. The number of carbonyl (C=O) groups is 1. The number of nitrogen functional groups attached to an aromatic ring is 1. The summed E-state index contributed by atoms with van der Waals surface area (Å²) in [4.78, 5) is 48.4. The molecule has 0 aliphatic carbocycles. The topological polar surface area (TPSA) is 114 Å². The second kappa shape index (κ2) is 9.94. The van der Waals surface area contributed by atoms with Gasteiger partial charge in [0.05, 0.1) is 24.2 Å². The van der Waals surface area contributed by atoms with Gasteiger partial charge in [-0.05, 0) is 30.2 Å². The Labute approximate surface area is 212 Å². The molecule has 3 aromatic carbocycles. The molecule has 1 amide bonds. The van der Waals surface area contributed by atoms with E-state index in [2.05, 4.69) is 9.97 Å². The van der Waals surface area contributed by atoms with Crippen molar-refractivity contribution in [3.05, 3.63) is 134 Å². The molecule has 0 radical (unpaired) electrons. The maximum absolute atomic E-state index is 14.2. The fourth-order valence-electron chi connectivity index (χ4n) is 4.41. The lowest BCUT2D eigenvalue weighted by Crippen LogP contribution is -2.41. The summed E-state index contributed by atoms with van der Waals surface area (Å²) in [5.41, 5.74) is 8.37. The number of pyridine rings is 1. The number of carbonyl (C=O) groups excluding carboxylic acids is 1. The highest BCUT2D eigenvalue weighted by atomic mass is 16.2. The second-order valence-electron chi connectivity index (χ2n) is 8.77. The highest BCUT2D eigenvalue weighted by Gasteiger charge is 2.27. The van der Waals surface area contributed by atoms with Crippen LogP contribution in [0.3, 0.4) is 0 Å². The van der Waals surface area contributed by atoms with Crippen LogP contribution < -0.4 is 21.9 Å². The van der Waals surface area contributed by atoms with Crippen LogP contribution in [0.5, 0.6) is 0 Å². The van der Waals surface area contributed by atoms with E-state index in [0.717, 1.165) is 11.1 Å². The number of hydrogen-bond acceptors (Lipinski definition) is 5. The zero-order valence-corrected chi connectivity index (χ0v) is 20.2. The maximum atomic E-state index is 14.2. The van der Waals surface area contributed by atoms with Gasteiger partial charge in [-0.15, -0.1) is 0 Å². The number of aromatic amines is 1. The van der Waals surface area contributed by atoms with Gasteiger partial charge in [0.25, 0.3) is 11.5 Å². The number of fused-ring (bicyclic) bond motifs is 1. The molecule has 0 unspecified atom stereocenters. The Kier molecular flexibility index (Phi) is 6.38. The van der Waals surface area contributed by atoms with Crippen molar-refractivity contribution in [3.8, 4) is 0 Å². The van der Waals surface area contributed by atoms with Crippen molar-refractivity contribution in [1.82, 2.24) is 14.5 Å². The lowest BCUT2D eigenvalue weighted by atomic mass is 10.1. The molecule has 8 nitrogen and oxygen atoms in total. The van der Waals surface area contributed by atoms with E-state index in [9.17, 15) is 14.4 Å². The maximum Gasteiger partial charge on any atom is 0.330 e. The monoisotopic (exact) mass is 491 g/mol. The Bertz CT molecular complexity index is 1710. The lowest BCUT2D eigenvalue weighted by molar-refractivity contribution is 0.0986. The Morgan fingerprint density at radius 2 is 1.54 bits per heavy atom. The standard InChI is InChI=1S/C29H25N5O3/c1-19-16-23(22-14-8-9-15-24(22)31-19)28(36)33(17-20-10-4-2-5-11-20)25-26(30)34(29(37)32-27(25)35)18-21-12-6-3-7-13-21/h2-16H,17-18,30H2,1H3,(H,32,35,37). The molecule has 8 heteroatoms. The van der Waals surface area contributed by atoms with Crippen LogP contribution in [0.4, 0.5) is 11.5 Å². The quantitative estimate of drug-likeness (QED) is 0.374. The summed E-state index contributed by atoms with van der Waals surface area (Å²) in [5, 5.41) is 0.656. The number of nitrogens with zero attached hydrogens (tertiary/aromatic N) is 3. The smallest absolute Gasteiger partial charge is 0.330 e. The average Bonchev–Trinajstić information content (AvgIpc) is 2.90. The van der Waals surface area contributed by atoms with E-state index in [1.54, 1.807) is 6.07 Å². The minimum absolute atomic E-state index is 0.0756. The van der Waals surface area contributed by atoms with Crippen molar-refractivity contribution in [2.75, 3.05) is 10.6 Å². The number of aromatic nitrogens is 3. The number of hydrogen-bond donors (Lipinski definition) is 2. The van der Waals surface area contributed by atoms with Crippen LogP contribution in [0.1, 0.15) is 27.2 Å². The summed E-state index contributed by atoms with van der Waals surface area (Å²) in [7, 11) is 0. The molecular formula is C29H25N5O3. The zero-order chi connectivity index (χ0) is 25.9. The SMILES string of the molecule is Cc1cc(C(=O)N(Cc2ccccc2)c2c(N)n(Cc3ccccc3)c(=O)[nH]c2=O)c2ccccc2n1. The van der Waals surface area contributed by atoms with Gasteiger partial charge < -0.3 is 5.73 Å². The number of anilines is 2. The molecule has 2 heterocycles. The summed E-state index contributed by atoms with van der Waals surface area (Å²) in [6.07, 6.45) is 0. The van der Waals surface area contributed by atoms with Gasteiger partial charge in [-0.3, -0.25) is 29.0 Å². The molecule has 0 atom stereocenters. The van der Waals surface area contributed by atoms with E-state index >= 15 is 0 Å². The molecule has 184 valence electrons. The second-order valence-corrected chi connectivity index (χ2v) is 8.77. The van der Waals surface area contributed by atoms with Crippen molar-refractivity contribution in [2.24, 2.45) is 0 Å². The highest BCUT2D eigenvalue weighted by molar-refractivity contribution is 6.14. The van der Waals surface area contributed by atoms with Crippen LogP contribution in [0.15, 0.2) is 101 Å². The van der Waals surface area contributed by atoms with Crippen LogP contribution in [0.25, 0.3) is 10.9 Å². The highest BCUT2D eigenvalue weighted by Crippen LogP contribution is 2.26. The molecular weight excluding hydrogens is 466 g/mol.